The molecule has 1 aromatic carbocycles. The molecule has 3 nitrogen and oxygen atoms in total. The van der Waals surface area contributed by atoms with E-state index in [0.717, 1.165) is 19.3 Å². The SMILES string of the molecule is CN(C(=O)c1ccc(OC(F)F)cc1)C1CCCCC1Br. The second-order valence-electron chi connectivity index (χ2n) is 5.19. The fraction of sp³-hybridized carbons (Fsp3) is 0.533. The van der Waals surface area contributed by atoms with Crippen molar-refractivity contribution in [2.24, 2.45) is 0 Å². The van der Waals surface area contributed by atoms with Gasteiger partial charge in [-0.1, -0.05) is 28.8 Å². The van der Waals surface area contributed by atoms with E-state index in [9.17, 15) is 13.6 Å². The standard InChI is InChI=1S/C15H18BrF2NO2/c1-19(13-5-3-2-4-12(13)16)14(20)10-6-8-11(9-7-10)21-15(17)18/h6-9,12-13,15H,2-5H2,1H3. The van der Waals surface area contributed by atoms with Gasteiger partial charge in [0.15, 0.2) is 0 Å². The van der Waals surface area contributed by atoms with Crippen LogP contribution >= 0.6 is 15.9 Å². The Hall–Kier alpha value is -1.17. The Morgan fingerprint density at radius 1 is 1.29 bits per heavy atom. The molecule has 1 aromatic rings. The summed E-state index contributed by atoms with van der Waals surface area (Å²) in [5.74, 6) is -0.0461. The zero-order chi connectivity index (χ0) is 15.4. The van der Waals surface area contributed by atoms with Crippen LogP contribution in [0.25, 0.3) is 0 Å². The number of nitrogens with zero attached hydrogens (tertiary/aromatic N) is 1. The molecule has 0 saturated heterocycles. The third kappa shape index (κ3) is 4.15. The predicted octanol–water partition coefficient (Wildman–Crippen LogP) is 4.07. The Morgan fingerprint density at radius 2 is 1.90 bits per heavy atom. The zero-order valence-corrected chi connectivity index (χ0v) is 13.4. The molecule has 1 aliphatic rings. The summed E-state index contributed by atoms with van der Waals surface area (Å²) in [6, 6.07) is 5.98. The van der Waals surface area contributed by atoms with Crippen LogP contribution in [0.1, 0.15) is 36.0 Å². The highest BCUT2D eigenvalue weighted by molar-refractivity contribution is 9.09. The first-order valence-corrected chi connectivity index (χ1v) is 7.86. The van der Waals surface area contributed by atoms with E-state index in [1.807, 2.05) is 0 Å². The minimum Gasteiger partial charge on any atom is -0.435 e. The largest absolute Gasteiger partial charge is 0.435 e. The van der Waals surface area contributed by atoms with Gasteiger partial charge in [0.05, 0.1) is 0 Å². The minimum atomic E-state index is -2.86. The Bertz CT molecular complexity index is 481. The second-order valence-corrected chi connectivity index (χ2v) is 6.36. The highest BCUT2D eigenvalue weighted by atomic mass is 79.9. The number of alkyl halides is 3. The van der Waals surface area contributed by atoms with Crippen molar-refractivity contribution in [3.8, 4) is 5.75 Å². The number of amides is 1. The monoisotopic (exact) mass is 361 g/mol. The maximum absolute atomic E-state index is 12.4. The van der Waals surface area contributed by atoms with Gasteiger partial charge >= 0.3 is 6.61 Å². The molecule has 2 atom stereocenters. The van der Waals surface area contributed by atoms with Gasteiger partial charge < -0.3 is 9.64 Å². The average Bonchev–Trinajstić information content (AvgIpc) is 2.46. The molecule has 0 aliphatic heterocycles. The molecular formula is C15H18BrF2NO2. The Kier molecular flexibility index (Phi) is 5.56. The molecule has 0 bridgehead atoms. The summed E-state index contributed by atoms with van der Waals surface area (Å²) in [6.07, 6.45) is 4.33. The lowest BCUT2D eigenvalue weighted by atomic mass is 9.94. The molecule has 1 fully saturated rings. The third-order valence-electron chi connectivity index (χ3n) is 3.79. The van der Waals surface area contributed by atoms with Crippen molar-refractivity contribution in [3.05, 3.63) is 29.8 Å². The molecule has 0 aromatic heterocycles. The molecule has 6 heteroatoms. The van der Waals surface area contributed by atoms with E-state index < -0.39 is 6.61 Å². The first-order chi connectivity index (χ1) is 9.99. The fourth-order valence-corrected chi connectivity index (χ4v) is 3.58. The highest BCUT2D eigenvalue weighted by Crippen LogP contribution is 2.29. The smallest absolute Gasteiger partial charge is 0.387 e. The van der Waals surface area contributed by atoms with E-state index in [0.29, 0.717) is 10.4 Å². The summed E-state index contributed by atoms with van der Waals surface area (Å²) in [5.41, 5.74) is 0.476. The molecule has 1 amide bonds. The molecule has 0 heterocycles. The van der Waals surface area contributed by atoms with Gasteiger partial charge in [-0.05, 0) is 37.1 Å². The van der Waals surface area contributed by atoms with Crippen molar-refractivity contribution in [2.75, 3.05) is 7.05 Å². The molecule has 0 radical (unpaired) electrons. The summed E-state index contributed by atoms with van der Waals surface area (Å²) in [4.78, 5) is 14.5. The molecule has 116 valence electrons. The van der Waals surface area contributed by atoms with Crippen LogP contribution < -0.4 is 4.74 Å². The van der Waals surface area contributed by atoms with Crippen LogP contribution in [0.3, 0.4) is 0 Å². The van der Waals surface area contributed by atoms with Gasteiger partial charge in [-0.15, -0.1) is 0 Å². The number of carbonyl (C=O) groups excluding carboxylic acids is 1. The van der Waals surface area contributed by atoms with Crippen LogP contribution in [0.15, 0.2) is 24.3 Å². The van der Waals surface area contributed by atoms with Gasteiger partial charge in [-0.25, -0.2) is 0 Å². The summed E-state index contributed by atoms with van der Waals surface area (Å²) in [6.45, 7) is -2.86. The first-order valence-electron chi connectivity index (χ1n) is 6.95. The maximum Gasteiger partial charge on any atom is 0.387 e. The van der Waals surface area contributed by atoms with Crippen LogP contribution in [0, 0.1) is 0 Å². The average molecular weight is 362 g/mol. The van der Waals surface area contributed by atoms with Crippen molar-refractivity contribution in [2.45, 2.75) is 43.2 Å². The quantitative estimate of drug-likeness (QED) is 0.756. The van der Waals surface area contributed by atoms with Crippen molar-refractivity contribution < 1.29 is 18.3 Å². The number of ether oxygens (including phenoxy) is 1. The Labute approximate surface area is 131 Å². The summed E-state index contributed by atoms with van der Waals surface area (Å²) in [7, 11) is 1.79. The topological polar surface area (TPSA) is 29.5 Å². The Balaban J connectivity index is 2.04. The van der Waals surface area contributed by atoms with Gasteiger partial charge in [-0.2, -0.15) is 8.78 Å². The van der Waals surface area contributed by atoms with E-state index in [4.69, 9.17) is 0 Å². The fourth-order valence-electron chi connectivity index (χ4n) is 2.64. The molecule has 0 spiro atoms. The van der Waals surface area contributed by atoms with Crippen LogP contribution in [0.4, 0.5) is 8.78 Å². The van der Waals surface area contributed by atoms with Gasteiger partial charge in [0, 0.05) is 23.5 Å². The van der Waals surface area contributed by atoms with Gasteiger partial charge in [0.2, 0.25) is 0 Å². The molecule has 0 N–H and O–H groups in total. The number of hydrogen-bond donors (Lipinski definition) is 0. The molecule has 2 rings (SSSR count). The van der Waals surface area contributed by atoms with Crippen molar-refractivity contribution in [1.29, 1.82) is 0 Å². The van der Waals surface area contributed by atoms with Gasteiger partial charge in [-0.3, -0.25) is 4.79 Å². The highest BCUT2D eigenvalue weighted by Gasteiger charge is 2.29. The molecule has 21 heavy (non-hydrogen) atoms. The van der Waals surface area contributed by atoms with Crippen LogP contribution in [-0.2, 0) is 0 Å². The van der Waals surface area contributed by atoms with Crippen molar-refractivity contribution in [1.82, 2.24) is 4.90 Å². The molecule has 1 aliphatic carbocycles. The normalized spacial score (nSPS) is 22.1. The summed E-state index contributed by atoms with van der Waals surface area (Å²) >= 11 is 3.64. The maximum atomic E-state index is 12.4. The Morgan fingerprint density at radius 3 is 2.48 bits per heavy atom. The van der Waals surface area contributed by atoms with Gasteiger partial charge in [0.1, 0.15) is 5.75 Å². The summed E-state index contributed by atoms with van der Waals surface area (Å²) < 4.78 is 28.5. The number of carbonyl (C=O) groups is 1. The lowest BCUT2D eigenvalue weighted by Crippen LogP contribution is -2.44. The first kappa shape index (κ1) is 16.2. The lowest BCUT2D eigenvalue weighted by Gasteiger charge is -2.35. The number of hydrogen-bond acceptors (Lipinski definition) is 2. The number of rotatable bonds is 4. The predicted molar refractivity (Wildman–Crippen MR) is 80.1 cm³/mol. The van der Waals surface area contributed by atoms with E-state index in [1.54, 1.807) is 11.9 Å². The van der Waals surface area contributed by atoms with Crippen LogP contribution in [-0.4, -0.2) is 35.3 Å². The third-order valence-corrected chi connectivity index (χ3v) is 4.86. The number of benzene rings is 1. The van der Waals surface area contributed by atoms with Crippen LogP contribution in [0.5, 0.6) is 5.75 Å². The van der Waals surface area contributed by atoms with E-state index in [1.165, 1.54) is 30.7 Å². The van der Waals surface area contributed by atoms with Crippen LogP contribution in [0.2, 0.25) is 0 Å². The lowest BCUT2D eigenvalue weighted by molar-refractivity contribution is -0.0498. The van der Waals surface area contributed by atoms with Gasteiger partial charge in [0.25, 0.3) is 5.91 Å². The van der Waals surface area contributed by atoms with E-state index in [-0.39, 0.29) is 17.7 Å². The molecular weight excluding hydrogens is 344 g/mol. The minimum absolute atomic E-state index is 0.0558. The number of halogens is 3. The van der Waals surface area contributed by atoms with E-state index in [2.05, 4.69) is 20.7 Å². The van der Waals surface area contributed by atoms with Crippen molar-refractivity contribution in [3.63, 3.8) is 0 Å². The second kappa shape index (κ2) is 7.20. The summed E-state index contributed by atoms with van der Waals surface area (Å²) in [5, 5.41) is 0. The van der Waals surface area contributed by atoms with Crippen molar-refractivity contribution >= 4 is 21.8 Å². The zero-order valence-electron chi connectivity index (χ0n) is 11.8. The molecule has 2 unspecified atom stereocenters. The molecule has 1 saturated carbocycles. The van der Waals surface area contributed by atoms with E-state index >= 15 is 0 Å².